The van der Waals surface area contributed by atoms with Crippen molar-refractivity contribution in [3.05, 3.63) is 72.1 Å². The number of ether oxygens (including phenoxy) is 2. The molecular formula is C26H26F3N5O5S. The van der Waals surface area contributed by atoms with Crippen LogP contribution in [0, 0.1) is 0 Å². The second-order valence-corrected chi connectivity index (χ2v) is 8.96. The predicted molar refractivity (Wildman–Crippen MR) is 142 cm³/mol. The van der Waals surface area contributed by atoms with Crippen LogP contribution in [-0.2, 0) is 15.3 Å². The monoisotopic (exact) mass is 577 g/mol. The summed E-state index contributed by atoms with van der Waals surface area (Å²) >= 11 is 1.27. The fourth-order valence-electron chi connectivity index (χ4n) is 3.28. The van der Waals surface area contributed by atoms with E-state index in [1.165, 1.54) is 41.2 Å². The second-order valence-electron chi connectivity index (χ2n) is 8.00. The Morgan fingerprint density at radius 1 is 0.975 bits per heavy atom. The van der Waals surface area contributed by atoms with Gasteiger partial charge in [-0.2, -0.15) is 0 Å². The van der Waals surface area contributed by atoms with Crippen LogP contribution in [0.4, 0.5) is 29.5 Å². The molecule has 40 heavy (non-hydrogen) atoms. The third-order valence-electron chi connectivity index (χ3n) is 5.18. The fourth-order valence-corrected chi connectivity index (χ4v) is 4.22. The number of nitrogens with one attached hydrogen (secondary N) is 2. The molecule has 0 aliphatic rings. The lowest BCUT2D eigenvalue weighted by Gasteiger charge is -2.17. The first-order chi connectivity index (χ1) is 19.1. The smallest absolute Gasteiger partial charge is 0.439 e. The number of thioether (sulfide) groups is 1. The maximum Gasteiger partial charge on any atom is 0.573 e. The lowest BCUT2D eigenvalue weighted by molar-refractivity contribution is -0.274. The molecule has 0 saturated heterocycles. The molecule has 0 radical (unpaired) electrons. The van der Waals surface area contributed by atoms with Crippen LogP contribution in [0.2, 0.25) is 0 Å². The van der Waals surface area contributed by atoms with Crippen LogP contribution in [0.25, 0.3) is 0 Å². The number of carbonyl (C=O) groups excluding carboxylic acids is 3. The molecule has 1 aromatic carbocycles. The van der Waals surface area contributed by atoms with E-state index >= 15 is 0 Å². The van der Waals surface area contributed by atoms with Crippen LogP contribution < -0.4 is 15.4 Å². The van der Waals surface area contributed by atoms with E-state index in [2.05, 4.69) is 25.3 Å². The average molecular weight is 578 g/mol. The molecule has 0 bridgehead atoms. The first-order valence-electron chi connectivity index (χ1n) is 12.0. The molecule has 10 nitrogen and oxygen atoms in total. The van der Waals surface area contributed by atoms with Crippen LogP contribution in [0.5, 0.6) is 5.75 Å². The number of hydrogen-bond acceptors (Lipinski definition) is 8. The number of halogens is 3. The zero-order valence-electron chi connectivity index (χ0n) is 21.5. The molecular weight excluding hydrogens is 551 g/mol. The third kappa shape index (κ3) is 9.45. The highest BCUT2D eigenvalue weighted by Crippen LogP contribution is 2.27. The van der Waals surface area contributed by atoms with Gasteiger partial charge in [0.2, 0.25) is 0 Å². The SMILES string of the molecule is CCN(CC)C(=O)OCC(=O)Nc1cc(CSc2ncccc2C(=O)Nc2ccc(OC(F)(F)F)cc2)ccn1. The number of nitrogens with zero attached hydrogens (tertiary/aromatic N) is 3. The topological polar surface area (TPSA) is 123 Å². The minimum atomic E-state index is -4.81. The summed E-state index contributed by atoms with van der Waals surface area (Å²) in [5.41, 5.74) is 1.31. The van der Waals surface area contributed by atoms with E-state index < -0.39 is 36.6 Å². The first kappa shape index (κ1) is 30.2. The minimum Gasteiger partial charge on any atom is -0.439 e. The molecule has 0 saturated carbocycles. The highest BCUT2D eigenvalue weighted by molar-refractivity contribution is 7.98. The predicted octanol–water partition coefficient (Wildman–Crippen LogP) is 5.34. The maximum atomic E-state index is 12.9. The van der Waals surface area contributed by atoms with E-state index in [0.29, 0.717) is 23.9 Å². The zero-order chi connectivity index (χ0) is 29.1. The first-order valence-corrected chi connectivity index (χ1v) is 13.0. The van der Waals surface area contributed by atoms with Gasteiger partial charge in [0, 0.05) is 36.9 Å². The van der Waals surface area contributed by atoms with Crippen molar-refractivity contribution < 1.29 is 37.0 Å². The number of amides is 3. The number of hydrogen-bond donors (Lipinski definition) is 2. The van der Waals surface area contributed by atoms with Gasteiger partial charge in [0.15, 0.2) is 6.61 Å². The van der Waals surface area contributed by atoms with Gasteiger partial charge in [-0.15, -0.1) is 24.9 Å². The van der Waals surface area contributed by atoms with Crippen molar-refractivity contribution in [1.29, 1.82) is 0 Å². The van der Waals surface area contributed by atoms with Gasteiger partial charge in [-0.1, -0.05) is 0 Å². The lowest BCUT2D eigenvalue weighted by Crippen LogP contribution is -2.33. The number of alkyl halides is 3. The molecule has 3 aromatic rings. The Balaban J connectivity index is 1.58. The fraction of sp³-hybridized carbons (Fsp3) is 0.269. The van der Waals surface area contributed by atoms with E-state index in [1.807, 2.05) is 0 Å². The van der Waals surface area contributed by atoms with Gasteiger partial charge in [-0.3, -0.25) is 9.59 Å². The van der Waals surface area contributed by atoms with Crippen LogP contribution in [-0.4, -0.2) is 58.8 Å². The molecule has 212 valence electrons. The molecule has 3 rings (SSSR count). The summed E-state index contributed by atoms with van der Waals surface area (Å²) in [6.45, 7) is 4.08. The van der Waals surface area contributed by atoms with E-state index in [9.17, 15) is 27.6 Å². The second kappa shape index (κ2) is 14.2. The van der Waals surface area contributed by atoms with Crippen molar-refractivity contribution in [2.45, 2.75) is 31.0 Å². The van der Waals surface area contributed by atoms with Crippen molar-refractivity contribution in [2.75, 3.05) is 30.3 Å². The van der Waals surface area contributed by atoms with Crippen molar-refractivity contribution in [1.82, 2.24) is 14.9 Å². The van der Waals surface area contributed by atoms with Crippen molar-refractivity contribution in [3.63, 3.8) is 0 Å². The Hall–Kier alpha value is -4.33. The van der Waals surface area contributed by atoms with Gasteiger partial charge in [0.25, 0.3) is 11.8 Å². The Morgan fingerprint density at radius 2 is 1.70 bits per heavy atom. The molecule has 2 aromatic heterocycles. The van der Waals surface area contributed by atoms with Crippen LogP contribution in [0.15, 0.2) is 66.0 Å². The molecule has 2 heterocycles. The van der Waals surface area contributed by atoms with E-state index in [0.717, 1.165) is 17.7 Å². The van der Waals surface area contributed by atoms with Crippen LogP contribution >= 0.6 is 11.8 Å². The van der Waals surface area contributed by atoms with Crippen molar-refractivity contribution in [3.8, 4) is 5.75 Å². The maximum absolute atomic E-state index is 12.9. The number of aromatic nitrogens is 2. The van der Waals surface area contributed by atoms with Gasteiger partial charge >= 0.3 is 12.5 Å². The Labute approximate surface area is 232 Å². The summed E-state index contributed by atoms with van der Waals surface area (Å²) in [7, 11) is 0. The zero-order valence-corrected chi connectivity index (χ0v) is 22.3. The molecule has 0 unspecified atom stereocenters. The largest absolute Gasteiger partial charge is 0.573 e. The summed E-state index contributed by atoms with van der Waals surface area (Å²) in [5, 5.41) is 5.62. The molecule has 0 aliphatic heterocycles. The number of pyridine rings is 2. The van der Waals surface area contributed by atoms with E-state index in [-0.39, 0.29) is 17.1 Å². The number of anilines is 2. The van der Waals surface area contributed by atoms with Crippen LogP contribution in [0.3, 0.4) is 0 Å². The van der Waals surface area contributed by atoms with E-state index in [4.69, 9.17) is 4.74 Å². The summed E-state index contributed by atoms with van der Waals surface area (Å²) in [4.78, 5) is 46.8. The minimum absolute atomic E-state index is 0.263. The van der Waals surface area contributed by atoms with Gasteiger partial charge < -0.3 is 25.0 Å². The molecule has 0 atom stereocenters. The standard InChI is InChI=1S/C26H26F3N5O5S/c1-3-34(4-2)25(37)38-15-22(35)33-21-14-17(11-13-30-21)16-40-24-20(6-5-12-31-24)23(36)32-18-7-9-19(10-8-18)39-26(27,28)29/h5-14H,3-4,15-16H2,1-2H3,(H,32,36)(H,30,33,35). The van der Waals surface area contributed by atoms with Gasteiger partial charge in [0.1, 0.15) is 16.6 Å². The van der Waals surface area contributed by atoms with Gasteiger partial charge in [0.05, 0.1) is 5.56 Å². The molecule has 3 amide bonds. The van der Waals surface area contributed by atoms with Gasteiger partial charge in [-0.25, -0.2) is 14.8 Å². The lowest BCUT2D eigenvalue weighted by atomic mass is 10.2. The summed E-state index contributed by atoms with van der Waals surface area (Å²) < 4.78 is 45.9. The highest BCUT2D eigenvalue weighted by Gasteiger charge is 2.31. The summed E-state index contributed by atoms with van der Waals surface area (Å²) in [5.74, 6) is -0.805. The molecule has 2 N–H and O–H groups in total. The van der Waals surface area contributed by atoms with Crippen LogP contribution in [0.1, 0.15) is 29.8 Å². The Bertz CT molecular complexity index is 1320. The van der Waals surface area contributed by atoms with E-state index in [1.54, 1.807) is 38.1 Å². The van der Waals surface area contributed by atoms with Gasteiger partial charge in [-0.05, 0) is 67.9 Å². The molecule has 14 heteroatoms. The third-order valence-corrected chi connectivity index (χ3v) is 6.25. The van der Waals surface area contributed by atoms with Crippen molar-refractivity contribution >= 4 is 41.2 Å². The number of rotatable bonds is 11. The number of carbonyl (C=O) groups is 3. The quantitative estimate of drug-likeness (QED) is 0.293. The highest BCUT2D eigenvalue weighted by atomic mass is 32.2. The molecule has 0 fully saturated rings. The Morgan fingerprint density at radius 3 is 2.38 bits per heavy atom. The summed E-state index contributed by atoms with van der Waals surface area (Å²) in [6.07, 6.45) is -2.36. The summed E-state index contributed by atoms with van der Waals surface area (Å²) in [6, 6.07) is 11.3. The number of benzene rings is 1. The normalized spacial score (nSPS) is 10.9. The average Bonchev–Trinajstić information content (AvgIpc) is 2.92. The Kier molecular flexibility index (Phi) is 10.7. The molecule has 0 aliphatic carbocycles. The van der Waals surface area contributed by atoms with Crippen molar-refractivity contribution in [2.24, 2.45) is 0 Å². The molecule has 0 spiro atoms.